The van der Waals surface area contributed by atoms with Crippen LogP contribution in [0.4, 0.5) is 13.2 Å². The first-order valence-electron chi connectivity index (χ1n) is 6.08. The summed E-state index contributed by atoms with van der Waals surface area (Å²) in [7, 11) is 1.43. The van der Waals surface area contributed by atoms with Gasteiger partial charge in [-0.05, 0) is 24.1 Å². The van der Waals surface area contributed by atoms with Crippen molar-refractivity contribution in [2.24, 2.45) is 0 Å². The monoisotopic (exact) mass is 275 g/mol. The van der Waals surface area contributed by atoms with Crippen LogP contribution in [0.25, 0.3) is 0 Å². The summed E-state index contributed by atoms with van der Waals surface area (Å²) in [6.07, 6.45) is -3.65. The van der Waals surface area contributed by atoms with Gasteiger partial charge in [-0.2, -0.15) is 13.2 Å². The molecular formula is C13H16F3NO2. The number of hydroxylamine groups is 3. The lowest BCUT2D eigenvalue weighted by atomic mass is 9.85. The molecule has 0 aliphatic carbocycles. The Labute approximate surface area is 109 Å². The highest BCUT2D eigenvalue weighted by molar-refractivity contribution is 5.30. The van der Waals surface area contributed by atoms with Crippen LogP contribution in [0.2, 0.25) is 0 Å². The van der Waals surface area contributed by atoms with Gasteiger partial charge in [-0.15, -0.1) is 0 Å². The highest BCUT2D eigenvalue weighted by atomic mass is 19.4. The fourth-order valence-corrected chi connectivity index (χ4v) is 2.64. The van der Waals surface area contributed by atoms with Crippen molar-refractivity contribution in [1.29, 1.82) is 0 Å². The fraction of sp³-hybridized carbons (Fsp3) is 0.538. The Morgan fingerprint density at radius 3 is 2.63 bits per heavy atom. The van der Waals surface area contributed by atoms with E-state index in [0.717, 1.165) is 12.1 Å². The van der Waals surface area contributed by atoms with E-state index in [1.165, 1.54) is 19.2 Å². The summed E-state index contributed by atoms with van der Waals surface area (Å²) in [4.78, 5) is 0. The number of piperidine rings is 1. The fourth-order valence-electron chi connectivity index (χ4n) is 2.64. The van der Waals surface area contributed by atoms with Crippen molar-refractivity contribution in [2.75, 3.05) is 20.1 Å². The number of hydrogen-bond acceptors (Lipinski definition) is 2. The van der Waals surface area contributed by atoms with Crippen molar-refractivity contribution in [3.05, 3.63) is 40.6 Å². The van der Waals surface area contributed by atoms with Crippen LogP contribution in [-0.4, -0.2) is 29.9 Å². The maximum absolute atomic E-state index is 12.7. The zero-order valence-corrected chi connectivity index (χ0v) is 10.6. The number of rotatable bonds is 1. The van der Waals surface area contributed by atoms with E-state index in [0.29, 0.717) is 19.4 Å². The molecular weight excluding hydrogens is 259 g/mol. The van der Waals surface area contributed by atoms with Gasteiger partial charge in [-0.3, -0.25) is 0 Å². The van der Waals surface area contributed by atoms with E-state index in [1.807, 2.05) is 0 Å². The zero-order chi connectivity index (χ0) is 14.3. The number of benzene rings is 1. The van der Waals surface area contributed by atoms with E-state index in [-0.39, 0.29) is 12.1 Å². The normalized spacial score (nSPS) is 32.3. The molecule has 1 aromatic carbocycles. The van der Waals surface area contributed by atoms with Crippen LogP contribution < -0.4 is 0 Å². The van der Waals surface area contributed by atoms with Crippen molar-refractivity contribution in [3.63, 3.8) is 0 Å². The zero-order valence-electron chi connectivity index (χ0n) is 10.6. The molecule has 1 N–H and O–H groups in total. The summed E-state index contributed by atoms with van der Waals surface area (Å²) >= 11 is 0. The van der Waals surface area contributed by atoms with Crippen LogP contribution in [0, 0.1) is 5.21 Å². The van der Waals surface area contributed by atoms with Gasteiger partial charge in [-0.25, -0.2) is 0 Å². The Kier molecular flexibility index (Phi) is 3.36. The minimum Gasteiger partial charge on any atom is -0.633 e. The molecule has 0 radical (unpaired) electrons. The van der Waals surface area contributed by atoms with Gasteiger partial charge in [0.15, 0.2) is 0 Å². The number of quaternary nitrogens is 1. The third kappa shape index (κ3) is 3.08. The van der Waals surface area contributed by atoms with Crippen molar-refractivity contribution in [1.82, 2.24) is 0 Å². The Balaban J connectivity index is 2.36. The van der Waals surface area contributed by atoms with Crippen LogP contribution in [0.5, 0.6) is 0 Å². The molecule has 2 unspecified atom stereocenters. The highest BCUT2D eigenvalue weighted by Gasteiger charge is 2.40. The third-order valence-corrected chi connectivity index (χ3v) is 3.54. The molecule has 2 rings (SSSR count). The molecule has 6 heteroatoms. The molecule has 1 aromatic rings. The lowest BCUT2D eigenvalue weighted by molar-refractivity contribution is -0.874. The number of likely N-dealkylation sites (tertiary alicyclic amines) is 1. The second-order valence-electron chi connectivity index (χ2n) is 5.39. The number of alkyl halides is 3. The summed E-state index contributed by atoms with van der Waals surface area (Å²) < 4.78 is 37.4. The first kappa shape index (κ1) is 14.3. The van der Waals surface area contributed by atoms with Gasteiger partial charge in [0.1, 0.15) is 12.1 Å². The van der Waals surface area contributed by atoms with E-state index in [2.05, 4.69) is 0 Å². The maximum atomic E-state index is 12.7. The maximum Gasteiger partial charge on any atom is 0.416 e. The number of halogens is 3. The predicted octanol–water partition coefficient (Wildman–Crippen LogP) is 2.63. The number of likely N-dealkylation sites (N-methyl/N-ethyl adjacent to an activating group) is 1. The second kappa shape index (κ2) is 4.47. The van der Waals surface area contributed by atoms with Gasteiger partial charge in [0, 0.05) is 6.42 Å². The number of hydrogen-bond donors (Lipinski definition) is 1. The summed E-state index contributed by atoms with van der Waals surface area (Å²) in [5.41, 5.74) is -2.11. The summed E-state index contributed by atoms with van der Waals surface area (Å²) in [5.74, 6) is 0. The van der Waals surface area contributed by atoms with Gasteiger partial charge in [-0.1, -0.05) is 12.1 Å². The predicted molar refractivity (Wildman–Crippen MR) is 63.9 cm³/mol. The molecule has 106 valence electrons. The third-order valence-electron chi connectivity index (χ3n) is 3.54. The first-order chi connectivity index (χ1) is 8.62. The first-order valence-corrected chi connectivity index (χ1v) is 6.08. The van der Waals surface area contributed by atoms with Gasteiger partial charge in [0.05, 0.1) is 19.2 Å². The lowest BCUT2D eigenvalue weighted by Gasteiger charge is -2.48. The SMILES string of the molecule is C[N+]1([O-])CCCC(O)(c2cccc(C(F)(F)F)c2)C1. The van der Waals surface area contributed by atoms with Gasteiger partial charge in [0.2, 0.25) is 0 Å². The molecule has 0 bridgehead atoms. The molecule has 0 amide bonds. The Morgan fingerprint density at radius 1 is 1.37 bits per heavy atom. The van der Waals surface area contributed by atoms with E-state index in [1.54, 1.807) is 0 Å². The average Bonchev–Trinajstić information content (AvgIpc) is 2.26. The summed E-state index contributed by atoms with van der Waals surface area (Å²) in [5, 5.41) is 22.4. The Hall–Kier alpha value is -1.11. The molecule has 1 heterocycles. The van der Waals surface area contributed by atoms with E-state index in [4.69, 9.17) is 0 Å². The van der Waals surface area contributed by atoms with E-state index in [9.17, 15) is 23.5 Å². The molecule has 0 saturated carbocycles. The van der Waals surface area contributed by atoms with Crippen LogP contribution in [0.15, 0.2) is 24.3 Å². The van der Waals surface area contributed by atoms with Gasteiger partial charge < -0.3 is 15.0 Å². The Bertz CT molecular complexity index is 473. The van der Waals surface area contributed by atoms with Crippen molar-refractivity contribution < 1.29 is 22.9 Å². The van der Waals surface area contributed by atoms with Crippen LogP contribution in [0.1, 0.15) is 24.0 Å². The number of aliphatic hydroxyl groups is 1. The average molecular weight is 275 g/mol. The molecule has 1 fully saturated rings. The molecule has 0 spiro atoms. The lowest BCUT2D eigenvalue weighted by Crippen LogP contribution is -2.53. The number of nitrogens with zero attached hydrogens (tertiary/aromatic N) is 1. The molecule has 3 nitrogen and oxygen atoms in total. The molecule has 1 aliphatic rings. The summed E-state index contributed by atoms with van der Waals surface area (Å²) in [6.45, 7) is 0.260. The molecule has 1 aliphatic heterocycles. The van der Waals surface area contributed by atoms with Crippen LogP contribution in [0.3, 0.4) is 0 Å². The second-order valence-corrected chi connectivity index (χ2v) is 5.39. The highest BCUT2D eigenvalue weighted by Crippen LogP contribution is 2.37. The van der Waals surface area contributed by atoms with Crippen molar-refractivity contribution in [2.45, 2.75) is 24.6 Å². The minimum absolute atomic E-state index is 0.117. The molecule has 1 saturated heterocycles. The smallest absolute Gasteiger partial charge is 0.416 e. The van der Waals surface area contributed by atoms with E-state index < -0.39 is 22.0 Å². The molecule has 2 atom stereocenters. The Morgan fingerprint density at radius 2 is 2.05 bits per heavy atom. The van der Waals surface area contributed by atoms with Crippen molar-refractivity contribution in [3.8, 4) is 0 Å². The molecule has 0 aromatic heterocycles. The molecule has 19 heavy (non-hydrogen) atoms. The van der Waals surface area contributed by atoms with Crippen molar-refractivity contribution >= 4 is 0 Å². The quantitative estimate of drug-likeness (QED) is 0.632. The topological polar surface area (TPSA) is 43.3 Å². The van der Waals surface area contributed by atoms with Crippen LogP contribution in [-0.2, 0) is 11.8 Å². The van der Waals surface area contributed by atoms with Crippen LogP contribution >= 0.6 is 0 Å². The minimum atomic E-state index is -4.45. The van der Waals surface area contributed by atoms with E-state index >= 15 is 0 Å². The van der Waals surface area contributed by atoms with Gasteiger partial charge >= 0.3 is 6.18 Å². The largest absolute Gasteiger partial charge is 0.633 e. The van der Waals surface area contributed by atoms with Gasteiger partial charge in [0.25, 0.3) is 0 Å². The standard InChI is InChI=1S/C13H16F3NO2/c1-17(19)7-3-6-12(18,9-17)10-4-2-5-11(8-10)13(14,15)16/h2,4-5,8,18H,3,6-7,9H2,1H3. The summed E-state index contributed by atoms with van der Waals surface area (Å²) in [6, 6.07) is 4.60.